The Kier molecular flexibility index (Phi) is 3.25. The maximum Gasteiger partial charge on any atom is 0.168 e. The number of Topliss-reactive ketones (excluding diaryl/α,β-unsaturated/α-hetero) is 1. The van der Waals surface area contributed by atoms with Gasteiger partial charge >= 0.3 is 0 Å². The van der Waals surface area contributed by atoms with Crippen LogP contribution in [-0.4, -0.2) is 15.8 Å². The third kappa shape index (κ3) is 2.43. The first-order valence-electron chi connectivity index (χ1n) is 6.52. The average molecular weight is 262 g/mol. The summed E-state index contributed by atoms with van der Waals surface area (Å²) in [6, 6.07) is 13.4. The average Bonchev–Trinajstić information content (AvgIpc) is 2.47. The van der Waals surface area contributed by atoms with Crippen molar-refractivity contribution >= 4 is 16.7 Å². The number of rotatable bonds is 3. The van der Waals surface area contributed by atoms with E-state index in [2.05, 4.69) is 9.97 Å². The first kappa shape index (κ1) is 12.5. The number of carbonyl (C=O) groups is 1. The third-order valence-corrected chi connectivity index (χ3v) is 3.23. The molecule has 0 aliphatic rings. The molecule has 0 aliphatic heterocycles. The van der Waals surface area contributed by atoms with Gasteiger partial charge in [0.1, 0.15) is 0 Å². The molecule has 0 N–H and O–H groups in total. The Balaban J connectivity index is 2.03. The Morgan fingerprint density at radius 1 is 1.15 bits per heavy atom. The maximum atomic E-state index is 12.5. The monoisotopic (exact) mass is 262 g/mol. The van der Waals surface area contributed by atoms with E-state index in [1.807, 2.05) is 49.4 Å². The molecule has 0 fully saturated rings. The van der Waals surface area contributed by atoms with E-state index in [1.165, 1.54) is 0 Å². The summed E-state index contributed by atoms with van der Waals surface area (Å²) < 4.78 is 0. The number of nitrogens with zero attached hydrogens (tertiary/aromatic N) is 2. The van der Waals surface area contributed by atoms with Crippen molar-refractivity contribution in [3.05, 3.63) is 71.7 Å². The van der Waals surface area contributed by atoms with E-state index in [9.17, 15) is 4.79 Å². The highest BCUT2D eigenvalue weighted by molar-refractivity contribution is 6.08. The van der Waals surface area contributed by atoms with Gasteiger partial charge in [0.15, 0.2) is 5.78 Å². The molecular formula is C17H14N2O. The predicted octanol–water partition coefficient (Wildman–Crippen LogP) is 3.36. The highest BCUT2D eigenvalue weighted by Crippen LogP contribution is 2.20. The highest BCUT2D eigenvalue weighted by Gasteiger charge is 2.12. The molecule has 1 aromatic carbocycles. The summed E-state index contributed by atoms with van der Waals surface area (Å²) in [6.45, 7) is 1.91. The number of fused-ring (bicyclic) bond motifs is 1. The number of hydrogen-bond acceptors (Lipinski definition) is 3. The van der Waals surface area contributed by atoms with Crippen LogP contribution in [0.3, 0.4) is 0 Å². The van der Waals surface area contributed by atoms with Crippen molar-refractivity contribution < 1.29 is 4.79 Å². The Hall–Kier alpha value is -2.55. The van der Waals surface area contributed by atoms with Crippen molar-refractivity contribution in [3.8, 4) is 0 Å². The van der Waals surface area contributed by atoms with E-state index in [-0.39, 0.29) is 5.78 Å². The summed E-state index contributed by atoms with van der Waals surface area (Å²) in [6.07, 6.45) is 3.80. The number of benzene rings is 1. The van der Waals surface area contributed by atoms with E-state index < -0.39 is 0 Å². The van der Waals surface area contributed by atoms with Crippen LogP contribution in [0, 0.1) is 6.92 Å². The van der Waals surface area contributed by atoms with Gasteiger partial charge in [0.25, 0.3) is 0 Å². The molecule has 0 saturated heterocycles. The van der Waals surface area contributed by atoms with E-state index in [0.717, 1.165) is 27.7 Å². The van der Waals surface area contributed by atoms with Gasteiger partial charge in [-0.05, 0) is 30.7 Å². The zero-order valence-electron chi connectivity index (χ0n) is 11.2. The Morgan fingerprint density at radius 2 is 2.00 bits per heavy atom. The minimum Gasteiger partial charge on any atom is -0.294 e. The molecule has 3 nitrogen and oxygen atoms in total. The molecule has 98 valence electrons. The van der Waals surface area contributed by atoms with Gasteiger partial charge in [0, 0.05) is 35.5 Å². The third-order valence-electron chi connectivity index (χ3n) is 3.23. The SMILES string of the molecule is Cc1cc(C(=O)Cc2cccnc2)c2ccccc2n1. The van der Waals surface area contributed by atoms with Gasteiger partial charge in [0.05, 0.1) is 5.52 Å². The van der Waals surface area contributed by atoms with Crippen LogP contribution in [0.1, 0.15) is 21.6 Å². The van der Waals surface area contributed by atoms with Crippen LogP contribution in [0.5, 0.6) is 0 Å². The molecule has 0 radical (unpaired) electrons. The lowest BCUT2D eigenvalue weighted by Gasteiger charge is -2.07. The summed E-state index contributed by atoms with van der Waals surface area (Å²) >= 11 is 0. The second-order valence-corrected chi connectivity index (χ2v) is 4.79. The van der Waals surface area contributed by atoms with Gasteiger partial charge in [0.2, 0.25) is 0 Å². The normalized spacial score (nSPS) is 10.7. The van der Waals surface area contributed by atoms with E-state index >= 15 is 0 Å². The summed E-state index contributed by atoms with van der Waals surface area (Å²) in [7, 11) is 0. The quantitative estimate of drug-likeness (QED) is 0.680. The van der Waals surface area contributed by atoms with Gasteiger partial charge in [-0.3, -0.25) is 14.8 Å². The summed E-state index contributed by atoms with van der Waals surface area (Å²) in [5, 5.41) is 0.909. The molecule has 0 spiro atoms. The van der Waals surface area contributed by atoms with Crippen molar-refractivity contribution in [3.63, 3.8) is 0 Å². The zero-order chi connectivity index (χ0) is 13.9. The van der Waals surface area contributed by atoms with Crippen molar-refractivity contribution in [2.45, 2.75) is 13.3 Å². The Morgan fingerprint density at radius 3 is 2.80 bits per heavy atom. The van der Waals surface area contributed by atoms with Gasteiger partial charge in [-0.1, -0.05) is 24.3 Å². The molecule has 0 atom stereocenters. The fraction of sp³-hybridized carbons (Fsp3) is 0.118. The minimum atomic E-state index is 0.0969. The lowest BCUT2D eigenvalue weighted by atomic mass is 10.00. The van der Waals surface area contributed by atoms with E-state index in [1.54, 1.807) is 12.4 Å². The van der Waals surface area contributed by atoms with Gasteiger partial charge < -0.3 is 0 Å². The molecular weight excluding hydrogens is 248 g/mol. The fourth-order valence-electron chi connectivity index (χ4n) is 2.32. The largest absolute Gasteiger partial charge is 0.294 e. The topological polar surface area (TPSA) is 42.9 Å². The molecule has 0 saturated carbocycles. The predicted molar refractivity (Wildman–Crippen MR) is 78.8 cm³/mol. The maximum absolute atomic E-state index is 12.5. The molecule has 2 heterocycles. The van der Waals surface area contributed by atoms with Crippen molar-refractivity contribution in [1.82, 2.24) is 9.97 Å². The summed E-state index contributed by atoms with van der Waals surface area (Å²) in [4.78, 5) is 21.0. The van der Waals surface area contributed by atoms with Crippen LogP contribution in [0.2, 0.25) is 0 Å². The Labute approximate surface area is 117 Å². The first-order valence-corrected chi connectivity index (χ1v) is 6.52. The lowest BCUT2D eigenvalue weighted by molar-refractivity contribution is 0.0994. The summed E-state index contributed by atoms with van der Waals surface area (Å²) in [5.41, 5.74) is 3.38. The second kappa shape index (κ2) is 5.21. The first-order chi connectivity index (χ1) is 9.74. The molecule has 20 heavy (non-hydrogen) atoms. The van der Waals surface area contributed by atoms with Crippen LogP contribution in [-0.2, 0) is 6.42 Å². The standard InChI is InChI=1S/C17H14N2O/c1-12-9-15(14-6-2-3-7-16(14)19-12)17(20)10-13-5-4-8-18-11-13/h2-9,11H,10H2,1H3. The Bertz CT molecular complexity index is 766. The molecule has 3 heteroatoms. The second-order valence-electron chi connectivity index (χ2n) is 4.79. The number of ketones is 1. The van der Waals surface area contributed by atoms with Crippen LogP contribution >= 0.6 is 0 Å². The molecule has 0 bridgehead atoms. The number of carbonyl (C=O) groups excluding carboxylic acids is 1. The van der Waals surface area contributed by atoms with Crippen molar-refractivity contribution in [2.75, 3.05) is 0 Å². The molecule has 3 rings (SSSR count). The summed E-state index contributed by atoms with van der Waals surface area (Å²) in [5.74, 6) is 0.0969. The fourth-order valence-corrected chi connectivity index (χ4v) is 2.32. The minimum absolute atomic E-state index is 0.0969. The smallest absolute Gasteiger partial charge is 0.168 e. The highest BCUT2D eigenvalue weighted by atomic mass is 16.1. The number of para-hydroxylation sites is 1. The zero-order valence-corrected chi connectivity index (χ0v) is 11.2. The van der Waals surface area contributed by atoms with E-state index in [4.69, 9.17) is 0 Å². The number of pyridine rings is 2. The van der Waals surface area contributed by atoms with Gasteiger partial charge in [-0.25, -0.2) is 0 Å². The van der Waals surface area contributed by atoms with Crippen molar-refractivity contribution in [1.29, 1.82) is 0 Å². The lowest BCUT2D eigenvalue weighted by Crippen LogP contribution is -2.06. The number of aromatic nitrogens is 2. The van der Waals surface area contributed by atoms with Crippen molar-refractivity contribution in [2.24, 2.45) is 0 Å². The molecule has 2 aromatic heterocycles. The van der Waals surface area contributed by atoms with E-state index in [0.29, 0.717) is 6.42 Å². The molecule has 3 aromatic rings. The van der Waals surface area contributed by atoms with Crippen LogP contribution in [0.15, 0.2) is 54.9 Å². The van der Waals surface area contributed by atoms with Crippen LogP contribution in [0.25, 0.3) is 10.9 Å². The van der Waals surface area contributed by atoms with Gasteiger partial charge in [-0.2, -0.15) is 0 Å². The van der Waals surface area contributed by atoms with Gasteiger partial charge in [-0.15, -0.1) is 0 Å². The molecule has 0 unspecified atom stereocenters. The van der Waals surface area contributed by atoms with Crippen LogP contribution in [0.4, 0.5) is 0 Å². The molecule has 0 amide bonds. The molecule has 0 aliphatic carbocycles. The van der Waals surface area contributed by atoms with Crippen LogP contribution < -0.4 is 0 Å². The number of aryl methyl sites for hydroxylation is 1. The number of hydrogen-bond donors (Lipinski definition) is 0.